The van der Waals surface area contributed by atoms with Crippen LogP contribution >= 0.6 is 11.6 Å². The fraction of sp³-hybridized carbons (Fsp3) is 0.765. The Labute approximate surface area is 133 Å². The summed E-state index contributed by atoms with van der Waals surface area (Å²) in [6, 6.07) is 2.64. The van der Waals surface area contributed by atoms with E-state index in [0.29, 0.717) is 0 Å². The number of nitriles is 1. The highest BCUT2D eigenvalue weighted by molar-refractivity contribution is 6.31. The molecule has 1 aliphatic rings. The van der Waals surface area contributed by atoms with Crippen LogP contribution in [0, 0.1) is 16.7 Å². The molecule has 116 valence electrons. The first-order valence-corrected chi connectivity index (χ1v) is 8.69. The molecule has 1 saturated carbocycles. The molecule has 0 bridgehead atoms. The zero-order valence-corrected chi connectivity index (χ0v) is 14.0. The summed E-state index contributed by atoms with van der Waals surface area (Å²) in [6.45, 7) is 4.98. The maximum absolute atomic E-state index is 9.82. The van der Waals surface area contributed by atoms with Crippen LogP contribution in [0.5, 0.6) is 0 Å². The Morgan fingerprint density at radius 1 is 1.19 bits per heavy atom. The molecule has 0 radical (unpaired) electrons. The van der Waals surface area contributed by atoms with Crippen molar-refractivity contribution >= 4 is 11.6 Å². The van der Waals surface area contributed by atoms with Crippen molar-refractivity contribution in [1.82, 2.24) is 9.78 Å². The van der Waals surface area contributed by atoms with Crippen molar-refractivity contribution in [3.8, 4) is 6.07 Å². The Balaban J connectivity index is 2.29. The smallest absolute Gasteiger partial charge is 0.0850 e. The third kappa shape index (κ3) is 3.61. The summed E-state index contributed by atoms with van der Waals surface area (Å²) < 4.78 is 2.00. The van der Waals surface area contributed by atoms with E-state index in [4.69, 9.17) is 11.6 Å². The molecule has 1 heterocycles. The lowest BCUT2D eigenvalue weighted by molar-refractivity contribution is 0.281. The average molecular weight is 308 g/mol. The summed E-state index contributed by atoms with van der Waals surface area (Å²) in [6.07, 6.45) is 9.73. The Kier molecular flexibility index (Phi) is 5.70. The number of aryl methyl sites for hydroxylation is 2. The third-order valence-corrected chi connectivity index (χ3v) is 5.18. The molecule has 0 amide bonds. The molecule has 0 atom stereocenters. The second-order valence-electron chi connectivity index (χ2n) is 6.21. The highest BCUT2D eigenvalue weighted by atomic mass is 35.5. The van der Waals surface area contributed by atoms with Gasteiger partial charge in [0.2, 0.25) is 0 Å². The van der Waals surface area contributed by atoms with Gasteiger partial charge in [0.1, 0.15) is 0 Å². The largest absolute Gasteiger partial charge is 0.268 e. The molecule has 1 aliphatic carbocycles. The molecule has 0 aromatic carbocycles. The van der Waals surface area contributed by atoms with Crippen LogP contribution in [-0.4, -0.2) is 9.78 Å². The lowest BCUT2D eigenvalue weighted by Crippen LogP contribution is -2.25. The molecule has 1 aromatic heterocycles. The Morgan fingerprint density at radius 2 is 1.81 bits per heavy atom. The van der Waals surface area contributed by atoms with Gasteiger partial charge in [-0.2, -0.15) is 10.4 Å². The summed E-state index contributed by atoms with van der Waals surface area (Å²) in [5.41, 5.74) is 1.78. The van der Waals surface area contributed by atoms with Crippen LogP contribution in [0.2, 0.25) is 5.02 Å². The summed E-state index contributed by atoms with van der Waals surface area (Å²) in [4.78, 5) is 0. The van der Waals surface area contributed by atoms with Crippen LogP contribution in [-0.2, 0) is 19.4 Å². The van der Waals surface area contributed by atoms with Gasteiger partial charge in [0, 0.05) is 13.0 Å². The van der Waals surface area contributed by atoms with Gasteiger partial charge in [0.15, 0.2) is 0 Å². The molecule has 0 N–H and O–H groups in total. The van der Waals surface area contributed by atoms with Crippen LogP contribution in [0.3, 0.4) is 0 Å². The second kappa shape index (κ2) is 7.31. The molecule has 0 spiro atoms. The highest BCUT2D eigenvalue weighted by Gasteiger charge is 2.33. The summed E-state index contributed by atoms with van der Waals surface area (Å²) >= 11 is 6.53. The van der Waals surface area contributed by atoms with Gasteiger partial charge in [0.05, 0.1) is 27.9 Å². The zero-order valence-electron chi connectivity index (χ0n) is 13.3. The van der Waals surface area contributed by atoms with Crippen molar-refractivity contribution in [3.05, 3.63) is 16.4 Å². The van der Waals surface area contributed by atoms with E-state index < -0.39 is 0 Å². The molecule has 3 nitrogen and oxygen atoms in total. The fourth-order valence-electron chi connectivity index (χ4n) is 3.42. The molecule has 0 aliphatic heterocycles. The normalized spacial score (nSPS) is 18.8. The van der Waals surface area contributed by atoms with Crippen molar-refractivity contribution in [1.29, 1.82) is 5.26 Å². The number of hydrogen-bond acceptors (Lipinski definition) is 2. The van der Waals surface area contributed by atoms with Gasteiger partial charge >= 0.3 is 0 Å². The van der Waals surface area contributed by atoms with Crippen molar-refractivity contribution in [2.45, 2.75) is 78.2 Å². The minimum atomic E-state index is -0.248. The maximum atomic E-state index is 9.82. The number of aromatic nitrogens is 2. The summed E-state index contributed by atoms with van der Waals surface area (Å²) in [5, 5.41) is 15.2. The molecule has 0 unspecified atom stereocenters. The zero-order chi connectivity index (χ0) is 15.3. The topological polar surface area (TPSA) is 41.6 Å². The lowest BCUT2D eigenvalue weighted by atomic mass is 9.74. The number of rotatable bonds is 4. The van der Waals surface area contributed by atoms with Gasteiger partial charge in [0.25, 0.3) is 0 Å². The van der Waals surface area contributed by atoms with Crippen LogP contribution in [0.15, 0.2) is 0 Å². The first-order valence-electron chi connectivity index (χ1n) is 8.31. The minimum Gasteiger partial charge on any atom is -0.268 e. The van der Waals surface area contributed by atoms with Crippen LogP contribution in [0.25, 0.3) is 0 Å². The van der Waals surface area contributed by atoms with Crippen LogP contribution < -0.4 is 0 Å². The highest BCUT2D eigenvalue weighted by Crippen LogP contribution is 2.38. The molecular formula is C17H26ClN3. The Hall–Kier alpha value is -1.01. The van der Waals surface area contributed by atoms with Crippen molar-refractivity contribution in [2.75, 3.05) is 0 Å². The van der Waals surface area contributed by atoms with Crippen LogP contribution in [0.1, 0.15) is 70.2 Å². The van der Waals surface area contributed by atoms with Gasteiger partial charge in [-0.15, -0.1) is 0 Å². The van der Waals surface area contributed by atoms with Gasteiger partial charge in [-0.3, -0.25) is 4.68 Å². The Bertz CT molecular complexity index is 505. The number of hydrogen-bond donors (Lipinski definition) is 0. The second-order valence-corrected chi connectivity index (χ2v) is 6.59. The van der Waals surface area contributed by atoms with E-state index in [-0.39, 0.29) is 5.41 Å². The monoisotopic (exact) mass is 307 g/mol. The SMILES string of the molecule is CCc1nn(CC)c(CC2(C#N)CCCCCCC2)c1Cl. The van der Waals surface area contributed by atoms with Gasteiger partial charge in [-0.25, -0.2) is 0 Å². The molecule has 0 saturated heterocycles. The fourth-order valence-corrected chi connectivity index (χ4v) is 3.75. The number of halogens is 1. The first kappa shape index (κ1) is 16.4. The molecule has 1 fully saturated rings. The van der Waals surface area contributed by atoms with Crippen LogP contribution in [0.4, 0.5) is 0 Å². The van der Waals surface area contributed by atoms with Gasteiger partial charge in [-0.1, -0.05) is 50.6 Å². The summed E-state index contributed by atoms with van der Waals surface area (Å²) in [5.74, 6) is 0. The summed E-state index contributed by atoms with van der Waals surface area (Å²) in [7, 11) is 0. The minimum absolute atomic E-state index is 0.248. The van der Waals surface area contributed by atoms with E-state index >= 15 is 0 Å². The maximum Gasteiger partial charge on any atom is 0.0850 e. The average Bonchev–Trinajstić information content (AvgIpc) is 2.78. The first-order chi connectivity index (χ1) is 10.2. The van der Waals surface area contributed by atoms with Crippen molar-refractivity contribution in [2.24, 2.45) is 5.41 Å². The van der Waals surface area contributed by atoms with E-state index in [2.05, 4.69) is 25.0 Å². The molecule has 2 rings (SSSR count). The predicted octanol–water partition coefficient (Wildman–Crippen LogP) is 4.92. The molecule has 1 aromatic rings. The van der Waals surface area contributed by atoms with E-state index in [1.165, 1.54) is 19.3 Å². The van der Waals surface area contributed by atoms with E-state index in [1.54, 1.807) is 0 Å². The number of nitrogens with zero attached hydrogens (tertiary/aromatic N) is 3. The third-order valence-electron chi connectivity index (χ3n) is 4.75. The molecule has 4 heteroatoms. The molecule has 21 heavy (non-hydrogen) atoms. The predicted molar refractivity (Wildman–Crippen MR) is 86.4 cm³/mol. The van der Waals surface area contributed by atoms with Crippen molar-refractivity contribution in [3.63, 3.8) is 0 Å². The van der Waals surface area contributed by atoms with E-state index in [0.717, 1.165) is 61.5 Å². The Morgan fingerprint density at radius 3 is 2.33 bits per heavy atom. The lowest BCUT2D eigenvalue weighted by Gasteiger charge is -2.29. The van der Waals surface area contributed by atoms with Crippen molar-refractivity contribution < 1.29 is 0 Å². The van der Waals surface area contributed by atoms with E-state index in [9.17, 15) is 5.26 Å². The van der Waals surface area contributed by atoms with E-state index in [1.807, 2.05) is 4.68 Å². The quantitative estimate of drug-likeness (QED) is 0.792. The van der Waals surface area contributed by atoms with Gasteiger partial charge < -0.3 is 0 Å². The standard InChI is InChI=1S/C17H26ClN3/c1-3-14-16(18)15(21(4-2)20-14)12-17(13-19)10-8-6-5-7-9-11-17/h3-12H2,1-2H3. The molecular weight excluding hydrogens is 282 g/mol. The van der Waals surface area contributed by atoms with Gasteiger partial charge in [-0.05, 0) is 26.2 Å².